The fraction of sp³-hybridized carbons (Fsp3) is 0.133. The van der Waals surface area contributed by atoms with Gasteiger partial charge in [-0.05, 0) is 35.4 Å². The second-order valence-corrected chi connectivity index (χ2v) is 4.17. The highest BCUT2D eigenvalue weighted by atomic mass is 16.5. The molecule has 0 aliphatic heterocycles. The number of phenolic OH excluding ortho intramolecular Hbond substituents is 1. The first-order valence-corrected chi connectivity index (χ1v) is 5.85. The number of aliphatic carboxylic acids is 1. The summed E-state index contributed by atoms with van der Waals surface area (Å²) in [5.41, 5.74) is 1.64. The molecule has 0 bridgehead atoms. The van der Waals surface area contributed by atoms with Gasteiger partial charge in [-0.3, -0.25) is 4.79 Å². The highest BCUT2D eigenvalue weighted by Crippen LogP contribution is 2.16. The Hall–Kier alpha value is -2.49. The van der Waals surface area contributed by atoms with Crippen molar-refractivity contribution in [3.63, 3.8) is 0 Å². The van der Waals surface area contributed by atoms with E-state index in [2.05, 4.69) is 0 Å². The van der Waals surface area contributed by atoms with Gasteiger partial charge < -0.3 is 14.9 Å². The Bertz CT molecular complexity index is 561. The Morgan fingerprint density at radius 3 is 2.47 bits per heavy atom. The van der Waals surface area contributed by atoms with Crippen LogP contribution < -0.4 is 4.74 Å². The molecule has 0 aliphatic rings. The molecule has 4 heteroatoms. The number of aromatic hydroxyl groups is 1. The third-order valence-corrected chi connectivity index (χ3v) is 2.60. The molecule has 2 aromatic carbocycles. The predicted molar refractivity (Wildman–Crippen MR) is 70.2 cm³/mol. The van der Waals surface area contributed by atoms with E-state index in [-0.39, 0.29) is 12.2 Å². The predicted octanol–water partition coefficient (Wildman–Crippen LogP) is 2.60. The SMILES string of the molecule is O=C(O)Cc1cccc(OCc2ccc(O)cc2)c1. The minimum atomic E-state index is -0.865. The maximum absolute atomic E-state index is 10.6. The van der Waals surface area contributed by atoms with Crippen molar-refractivity contribution in [1.29, 1.82) is 0 Å². The van der Waals surface area contributed by atoms with Crippen LogP contribution in [0.1, 0.15) is 11.1 Å². The third kappa shape index (κ3) is 4.03. The van der Waals surface area contributed by atoms with E-state index in [1.807, 2.05) is 0 Å². The van der Waals surface area contributed by atoms with Crippen LogP contribution in [-0.4, -0.2) is 16.2 Å². The number of hydrogen-bond acceptors (Lipinski definition) is 3. The molecule has 0 aliphatic carbocycles. The fourth-order valence-electron chi connectivity index (χ4n) is 1.68. The van der Waals surface area contributed by atoms with Crippen molar-refractivity contribution in [2.75, 3.05) is 0 Å². The van der Waals surface area contributed by atoms with E-state index in [1.54, 1.807) is 48.5 Å². The molecule has 0 aromatic heterocycles. The summed E-state index contributed by atoms with van der Waals surface area (Å²) >= 11 is 0. The van der Waals surface area contributed by atoms with E-state index < -0.39 is 5.97 Å². The van der Waals surface area contributed by atoms with Gasteiger partial charge in [0, 0.05) is 0 Å². The zero-order chi connectivity index (χ0) is 13.7. The second-order valence-electron chi connectivity index (χ2n) is 4.17. The average molecular weight is 258 g/mol. The average Bonchev–Trinajstić information content (AvgIpc) is 2.38. The van der Waals surface area contributed by atoms with Gasteiger partial charge in [-0.2, -0.15) is 0 Å². The maximum atomic E-state index is 10.6. The van der Waals surface area contributed by atoms with E-state index in [9.17, 15) is 4.79 Å². The van der Waals surface area contributed by atoms with Crippen LogP contribution in [0.15, 0.2) is 48.5 Å². The Morgan fingerprint density at radius 1 is 1.05 bits per heavy atom. The zero-order valence-electron chi connectivity index (χ0n) is 10.2. The van der Waals surface area contributed by atoms with Crippen molar-refractivity contribution in [2.45, 2.75) is 13.0 Å². The minimum absolute atomic E-state index is 0.0175. The van der Waals surface area contributed by atoms with Gasteiger partial charge in [0.25, 0.3) is 0 Å². The summed E-state index contributed by atoms with van der Waals surface area (Å²) in [6.45, 7) is 0.372. The molecule has 0 saturated heterocycles. The summed E-state index contributed by atoms with van der Waals surface area (Å²) in [5.74, 6) is -0.0188. The highest BCUT2D eigenvalue weighted by molar-refractivity contribution is 5.70. The lowest BCUT2D eigenvalue weighted by Gasteiger charge is -2.07. The van der Waals surface area contributed by atoms with E-state index in [4.69, 9.17) is 14.9 Å². The van der Waals surface area contributed by atoms with Gasteiger partial charge in [0.1, 0.15) is 18.1 Å². The molecule has 0 amide bonds. The summed E-state index contributed by atoms with van der Waals surface area (Å²) in [6, 6.07) is 13.8. The van der Waals surface area contributed by atoms with Crippen LogP contribution in [0.25, 0.3) is 0 Å². The number of carboxylic acid groups (broad SMARTS) is 1. The van der Waals surface area contributed by atoms with Gasteiger partial charge in [0.05, 0.1) is 6.42 Å². The molecule has 19 heavy (non-hydrogen) atoms. The molecule has 4 nitrogen and oxygen atoms in total. The molecule has 0 unspecified atom stereocenters. The van der Waals surface area contributed by atoms with Crippen LogP contribution in [0, 0.1) is 0 Å². The van der Waals surface area contributed by atoms with E-state index >= 15 is 0 Å². The van der Waals surface area contributed by atoms with Crippen LogP contribution in [0.4, 0.5) is 0 Å². The van der Waals surface area contributed by atoms with Crippen molar-refractivity contribution in [2.24, 2.45) is 0 Å². The largest absolute Gasteiger partial charge is 0.508 e. The normalized spacial score (nSPS) is 10.1. The first kappa shape index (κ1) is 13.0. The Balaban J connectivity index is 1.99. The quantitative estimate of drug-likeness (QED) is 0.865. The van der Waals surface area contributed by atoms with Crippen LogP contribution >= 0.6 is 0 Å². The second kappa shape index (κ2) is 5.91. The fourth-order valence-corrected chi connectivity index (χ4v) is 1.68. The molecule has 0 radical (unpaired) electrons. The highest BCUT2D eigenvalue weighted by Gasteiger charge is 2.02. The lowest BCUT2D eigenvalue weighted by molar-refractivity contribution is -0.136. The first-order valence-electron chi connectivity index (χ1n) is 5.85. The molecule has 2 aromatic rings. The number of carbonyl (C=O) groups is 1. The third-order valence-electron chi connectivity index (χ3n) is 2.60. The molecule has 0 saturated carbocycles. The van der Waals surface area contributed by atoms with Gasteiger partial charge in [-0.1, -0.05) is 24.3 Å². The Kier molecular flexibility index (Phi) is 4.03. The summed E-state index contributed by atoms with van der Waals surface area (Å²) in [6.07, 6.45) is -0.0175. The molecule has 0 fully saturated rings. The minimum Gasteiger partial charge on any atom is -0.508 e. The van der Waals surface area contributed by atoms with Gasteiger partial charge in [0.15, 0.2) is 0 Å². The Morgan fingerprint density at radius 2 is 1.79 bits per heavy atom. The Labute approximate surface area is 110 Å². The van der Waals surface area contributed by atoms with Crippen molar-refractivity contribution in [1.82, 2.24) is 0 Å². The summed E-state index contributed by atoms with van der Waals surface area (Å²) in [4.78, 5) is 10.6. The number of rotatable bonds is 5. The number of carboxylic acids is 1. The topological polar surface area (TPSA) is 66.8 Å². The van der Waals surface area contributed by atoms with E-state index in [0.29, 0.717) is 17.9 Å². The summed E-state index contributed by atoms with van der Waals surface area (Å²) < 4.78 is 5.58. The van der Waals surface area contributed by atoms with Crippen molar-refractivity contribution >= 4 is 5.97 Å². The van der Waals surface area contributed by atoms with Crippen LogP contribution in [-0.2, 0) is 17.8 Å². The van der Waals surface area contributed by atoms with Gasteiger partial charge >= 0.3 is 5.97 Å². The molecular formula is C15H14O4. The van der Waals surface area contributed by atoms with Gasteiger partial charge in [-0.25, -0.2) is 0 Å². The van der Waals surface area contributed by atoms with Crippen LogP contribution in [0.2, 0.25) is 0 Å². The lowest BCUT2D eigenvalue weighted by atomic mass is 10.1. The standard InChI is InChI=1S/C15H14O4/c16-13-6-4-11(5-7-13)10-19-14-3-1-2-12(8-14)9-15(17)18/h1-8,16H,9-10H2,(H,17,18). The van der Waals surface area contributed by atoms with Gasteiger partial charge in [0.2, 0.25) is 0 Å². The van der Waals surface area contributed by atoms with Crippen molar-refractivity contribution < 1.29 is 19.7 Å². The van der Waals surface area contributed by atoms with Gasteiger partial charge in [-0.15, -0.1) is 0 Å². The molecule has 0 heterocycles. The number of ether oxygens (including phenoxy) is 1. The van der Waals surface area contributed by atoms with Crippen LogP contribution in [0.5, 0.6) is 11.5 Å². The molecule has 98 valence electrons. The number of benzene rings is 2. The molecule has 0 spiro atoms. The molecule has 2 rings (SSSR count). The number of phenols is 1. The molecule has 0 atom stereocenters. The van der Waals surface area contributed by atoms with Crippen molar-refractivity contribution in [3.8, 4) is 11.5 Å². The van der Waals surface area contributed by atoms with E-state index in [1.165, 1.54) is 0 Å². The monoisotopic (exact) mass is 258 g/mol. The first-order chi connectivity index (χ1) is 9.13. The van der Waals surface area contributed by atoms with E-state index in [0.717, 1.165) is 5.56 Å². The molecule has 2 N–H and O–H groups in total. The van der Waals surface area contributed by atoms with Crippen molar-refractivity contribution in [3.05, 3.63) is 59.7 Å². The smallest absolute Gasteiger partial charge is 0.307 e. The number of hydrogen-bond donors (Lipinski definition) is 2. The summed E-state index contributed by atoms with van der Waals surface area (Å²) in [7, 11) is 0. The summed E-state index contributed by atoms with van der Waals surface area (Å²) in [5, 5.41) is 17.9. The lowest BCUT2D eigenvalue weighted by Crippen LogP contribution is -2.01. The molecular weight excluding hydrogens is 244 g/mol. The maximum Gasteiger partial charge on any atom is 0.307 e. The zero-order valence-corrected chi connectivity index (χ0v) is 10.2. The van der Waals surface area contributed by atoms with Crippen LogP contribution in [0.3, 0.4) is 0 Å².